The molecule has 160 valence electrons. The molecule has 2 amide bonds. The van der Waals surface area contributed by atoms with Crippen LogP contribution in [0.1, 0.15) is 52.5 Å². The first-order valence-corrected chi connectivity index (χ1v) is 11.4. The Kier molecular flexibility index (Phi) is 6.37. The van der Waals surface area contributed by atoms with Crippen molar-refractivity contribution in [3.05, 3.63) is 82.0 Å². The Balaban J connectivity index is 1.78. The third-order valence-corrected chi connectivity index (χ3v) is 6.59. The van der Waals surface area contributed by atoms with E-state index in [4.69, 9.17) is 4.74 Å². The van der Waals surface area contributed by atoms with E-state index in [9.17, 15) is 9.59 Å². The highest BCUT2D eigenvalue weighted by molar-refractivity contribution is 7.10. The fourth-order valence-electron chi connectivity index (χ4n) is 4.15. The number of rotatable bonds is 7. The second kappa shape index (κ2) is 9.35. The van der Waals surface area contributed by atoms with Gasteiger partial charge in [-0.3, -0.25) is 9.59 Å². The van der Waals surface area contributed by atoms with E-state index in [-0.39, 0.29) is 17.9 Å². The molecule has 5 nitrogen and oxygen atoms in total. The number of nitrogens with zero attached hydrogens (tertiary/aromatic N) is 1. The van der Waals surface area contributed by atoms with Gasteiger partial charge >= 0.3 is 0 Å². The van der Waals surface area contributed by atoms with Crippen LogP contribution in [0.3, 0.4) is 0 Å². The van der Waals surface area contributed by atoms with Crippen LogP contribution < -0.4 is 10.1 Å². The molecule has 0 saturated heterocycles. The van der Waals surface area contributed by atoms with Crippen LogP contribution in [0.4, 0.5) is 5.69 Å². The molecule has 0 bridgehead atoms. The molecule has 0 radical (unpaired) electrons. The number of ether oxygens (including phenoxy) is 1. The molecule has 6 heteroatoms. The number of benzene rings is 2. The summed E-state index contributed by atoms with van der Waals surface area (Å²) in [5, 5.41) is 5.05. The summed E-state index contributed by atoms with van der Waals surface area (Å²) in [5.41, 5.74) is 2.06. The molecule has 2 atom stereocenters. The van der Waals surface area contributed by atoms with E-state index < -0.39 is 5.92 Å². The highest BCUT2D eigenvalue weighted by atomic mass is 32.1. The lowest BCUT2D eigenvalue weighted by molar-refractivity contribution is -0.119. The standard InChI is InChI=1S/C25H26N2O3S/c1-3-4-14-27-23(21-13-8-15-31-21)22(19-11-5-6-12-20(19)25(27)29)24(28)26-17-9-7-10-18(16-17)30-2/h5-13,15-16,22-23H,3-4,14H2,1-2H3,(H,26,28). The van der Waals surface area contributed by atoms with Gasteiger partial charge in [-0.05, 0) is 41.6 Å². The normalized spacial score (nSPS) is 17.9. The predicted molar refractivity (Wildman–Crippen MR) is 124 cm³/mol. The number of hydrogen-bond donors (Lipinski definition) is 1. The van der Waals surface area contributed by atoms with E-state index in [1.165, 1.54) is 0 Å². The van der Waals surface area contributed by atoms with E-state index >= 15 is 0 Å². The van der Waals surface area contributed by atoms with Crippen LogP contribution in [0.15, 0.2) is 66.0 Å². The number of methoxy groups -OCH3 is 1. The van der Waals surface area contributed by atoms with E-state index in [0.717, 1.165) is 23.3 Å². The number of amides is 2. The van der Waals surface area contributed by atoms with Gasteiger partial charge in [0.15, 0.2) is 0 Å². The highest BCUT2D eigenvalue weighted by Gasteiger charge is 2.44. The van der Waals surface area contributed by atoms with Crippen molar-refractivity contribution in [2.24, 2.45) is 0 Å². The van der Waals surface area contributed by atoms with Gasteiger partial charge in [-0.1, -0.05) is 43.7 Å². The molecule has 0 saturated carbocycles. The number of thiophene rings is 1. The first kappa shape index (κ1) is 21.1. The summed E-state index contributed by atoms with van der Waals surface area (Å²) in [7, 11) is 1.60. The smallest absolute Gasteiger partial charge is 0.254 e. The van der Waals surface area contributed by atoms with Crippen LogP contribution in [0.25, 0.3) is 0 Å². The Hall–Kier alpha value is -3.12. The maximum Gasteiger partial charge on any atom is 0.254 e. The fourth-order valence-corrected chi connectivity index (χ4v) is 5.02. The second-order valence-corrected chi connectivity index (χ2v) is 8.58. The summed E-state index contributed by atoms with van der Waals surface area (Å²) in [4.78, 5) is 30.0. The summed E-state index contributed by atoms with van der Waals surface area (Å²) in [6, 6.07) is 18.5. The van der Waals surface area contributed by atoms with Gasteiger partial charge in [0.05, 0.1) is 19.1 Å². The summed E-state index contributed by atoms with van der Waals surface area (Å²) >= 11 is 1.58. The van der Waals surface area contributed by atoms with Crippen LogP contribution in [0.5, 0.6) is 5.75 Å². The molecule has 1 aliphatic rings. The molecule has 2 heterocycles. The predicted octanol–water partition coefficient (Wildman–Crippen LogP) is 5.48. The Labute approximate surface area is 186 Å². The van der Waals surface area contributed by atoms with Crippen molar-refractivity contribution < 1.29 is 14.3 Å². The number of hydrogen-bond acceptors (Lipinski definition) is 4. The van der Waals surface area contributed by atoms with Gasteiger partial charge in [-0.15, -0.1) is 11.3 Å². The molecule has 1 aliphatic heterocycles. The minimum Gasteiger partial charge on any atom is -0.497 e. The topological polar surface area (TPSA) is 58.6 Å². The second-order valence-electron chi connectivity index (χ2n) is 7.60. The van der Waals surface area contributed by atoms with E-state index in [2.05, 4.69) is 12.2 Å². The van der Waals surface area contributed by atoms with Gasteiger partial charge in [0, 0.05) is 28.7 Å². The molecule has 2 aromatic carbocycles. The number of carbonyl (C=O) groups excluding carboxylic acids is 2. The zero-order chi connectivity index (χ0) is 21.8. The van der Waals surface area contributed by atoms with Gasteiger partial charge < -0.3 is 15.0 Å². The van der Waals surface area contributed by atoms with E-state index in [0.29, 0.717) is 23.5 Å². The van der Waals surface area contributed by atoms with Gasteiger partial charge in [-0.25, -0.2) is 0 Å². The SMILES string of the molecule is CCCCN1C(=O)c2ccccc2C(C(=O)Nc2cccc(OC)c2)C1c1cccs1. The summed E-state index contributed by atoms with van der Waals surface area (Å²) in [6.07, 6.45) is 1.86. The van der Waals surface area contributed by atoms with Crippen molar-refractivity contribution >= 4 is 28.8 Å². The lowest BCUT2D eigenvalue weighted by Crippen LogP contribution is -2.46. The maximum atomic E-state index is 13.7. The minimum atomic E-state index is -0.504. The summed E-state index contributed by atoms with van der Waals surface area (Å²) < 4.78 is 5.29. The van der Waals surface area contributed by atoms with Gasteiger partial charge in [-0.2, -0.15) is 0 Å². The number of carbonyl (C=O) groups is 2. The van der Waals surface area contributed by atoms with Crippen molar-refractivity contribution in [1.82, 2.24) is 4.90 Å². The van der Waals surface area contributed by atoms with Crippen LogP contribution in [-0.4, -0.2) is 30.4 Å². The average Bonchev–Trinajstić information content (AvgIpc) is 3.33. The molecule has 0 spiro atoms. The van der Waals surface area contributed by atoms with Gasteiger partial charge in [0.2, 0.25) is 5.91 Å². The summed E-state index contributed by atoms with van der Waals surface area (Å²) in [6.45, 7) is 2.73. The van der Waals surface area contributed by atoms with Crippen molar-refractivity contribution in [1.29, 1.82) is 0 Å². The Morgan fingerprint density at radius 2 is 1.97 bits per heavy atom. The number of anilines is 1. The van der Waals surface area contributed by atoms with Crippen LogP contribution in [-0.2, 0) is 4.79 Å². The number of fused-ring (bicyclic) bond motifs is 1. The molecule has 1 aromatic heterocycles. The highest BCUT2D eigenvalue weighted by Crippen LogP contribution is 2.44. The Bertz CT molecular complexity index is 1060. The van der Waals surface area contributed by atoms with Crippen LogP contribution in [0, 0.1) is 0 Å². The molecular weight excluding hydrogens is 408 g/mol. The molecule has 31 heavy (non-hydrogen) atoms. The molecule has 0 aliphatic carbocycles. The third kappa shape index (κ3) is 4.21. The Morgan fingerprint density at radius 3 is 2.71 bits per heavy atom. The number of unbranched alkanes of at least 4 members (excludes halogenated alkanes) is 1. The van der Waals surface area contributed by atoms with E-state index in [1.54, 1.807) is 24.5 Å². The van der Waals surface area contributed by atoms with Crippen molar-refractivity contribution in [3.63, 3.8) is 0 Å². The monoisotopic (exact) mass is 434 g/mol. The van der Waals surface area contributed by atoms with Crippen molar-refractivity contribution in [3.8, 4) is 5.75 Å². The molecule has 0 fully saturated rings. The van der Waals surface area contributed by atoms with Crippen LogP contribution in [0.2, 0.25) is 0 Å². The largest absolute Gasteiger partial charge is 0.497 e. The number of nitrogens with one attached hydrogen (secondary N) is 1. The van der Waals surface area contributed by atoms with E-state index in [1.807, 2.05) is 64.9 Å². The average molecular weight is 435 g/mol. The van der Waals surface area contributed by atoms with Crippen molar-refractivity contribution in [2.45, 2.75) is 31.7 Å². The van der Waals surface area contributed by atoms with Crippen LogP contribution >= 0.6 is 11.3 Å². The quantitative estimate of drug-likeness (QED) is 0.536. The Morgan fingerprint density at radius 1 is 1.13 bits per heavy atom. The fraction of sp³-hybridized carbons (Fsp3) is 0.280. The zero-order valence-corrected chi connectivity index (χ0v) is 18.5. The molecule has 3 aromatic rings. The minimum absolute atomic E-state index is 0.00659. The van der Waals surface area contributed by atoms with Gasteiger partial charge in [0.25, 0.3) is 5.91 Å². The summed E-state index contributed by atoms with van der Waals surface area (Å²) in [5.74, 6) is 0.0352. The van der Waals surface area contributed by atoms with Crippen molar-refractivity contribution in [2.75, 3.05) is 19.0 Å². The zero-order valence-electron chi connectivity index (χ0n) is 17.7. The maximum absolute atomic E-state index is 13.7. The molecular formula is C25H26N2O3S. The lowest BCUT2D eigenvalue weighted by Gasteiger charge is -2.41. The van der Waals surface area contributed by atoms with Gasteiger partial charge in [0.1, 0.15) is 5.75 Å². The lowest BCUT2D eigenvalue weighted by atomic mass is 9.81. The molecule has 2 unspecified atom stereocenters. The molecule has 4 rings (SSSR count). The molecule has 1 N–H and O–H groups in total. The first-order chi connectivity index (χ1) is 15.1. The third-order valence-electron chi connectivity index (χ3n) is 5.65. The first-order valence-electron chi connectivity index (χ1n) is 10.5.